The molecule has 0 saturated heterocycles. The van der Waals surface area contributed by atoms with Gasteiger partial charge in [0.2, 0.25) is 16.0 Å². The van der Waals surface area contributed by atoms with Crippen molar-refractivity contribution in [3.63, 3.8) is 0 Å². The topological polar surface area (TPSA) is 119 Å². The van der Waals surface area contributed by atoms with E-state index in [0.29, 0.717) is 10.6 Å². The van der Waals surface area contributed by atoms with Crippen LogP contribution in [0.3, 0.4) is 0 Å². The summed E-state index contributed by atoms with van der Waals surface area (Å²) in [6, 6.07) is -3.35. The molecule has 0 amide bonds. The summed E-state index contributed by atoms with van der Waals surface area (Å²) >= 11 is 0. The summed E-state index contributed by atoms with van der Waals surface area (Å²) in [5, 5.41) is 11.9. The van der Waals surface area contributed by atoms with Gasteiger partial charge in [-0.25, -0.2) is 18.5 Å². The Morgan fingerprint density at radius 3 is 2.84 bits per heavy atom. The van der Waals surface area contributed by atoms with E-state index in [1.165, 1.54) is 4.68 Å². The van der Waals surface area contributed by atoms with Gasteiger partial charge in [-0.1, -0.05) is 6.04 Å². The number of fused-ring (bicyclic) bond motifs is 1. The molecule has 0 aliphatic heterocycles. The molecule has 4 rings (SSSR count). The van der Waals surface area contributed by atoms with Crippen molar-refractivity contribution in [2.75, 3.05) is 17.2 Å². The minimum Gasteiger partial charge on any atom is -0.329 e. The van der Waals surface area contributed by atoms with Gasteiger partial charge in [-0.3, -0.25) is 4.68 Å². The third-order valence-electron chi connectivity index (χ3n) is 4.27. The van der Waals surface area contributed by atoms with Gasteiger partial charge in [-0.05, 0) is 55.6 Å². The molecule has 0 aliphatic carbocycles. The van der Waals surface area contributed by atoms with Gasteiger partial charge in [0.1, 0.15) is 5.82 Å². The molecule has 2 heterocycles. The van der Waals surface area contributed by atoms with Gasteiger partial charge in [0, 0.05) is 50.9 Å². The molecule has 0 saturated carbocycles. The fourth-order valence-electron chi connectivity index (χ4n) is 2.65. The van der Waals surface area contributed by atoms with Gasteiger partial charge >= 0.3 is 0 Å². The molecule has 2 aromatic carbocycles. The lowest BCUT2D eigenvalue weighted by Crippen LogP contribution is -2.14. The molecule has 0 radical (unpaired) electrons. The molecule has 0 unspecified atom stereocenters. The van der Waals surface area contributed by atoms with Gasteiger partial charge in [0.25, 0.3) is 0 Å². The molecule has 0 atom stereocenters. The maximum Gasteiger partial charge on any atom is 0.238 e. The highest BCUT2D eigenvalue weighted by molar-refractivity contribution is 7.89. The summed E-state index contributed by atoms with van der Waals surface area (Å²) < 4.78 is 124. The number of nitrogens with zero attached hydrogens (tertiary/aromatic N) is 5. The average Bonchev–Trinajstić information content (AvgIpc) is 3.17. The smallest absolute Gasteiger partial charge is 0.238 e. The Hall–Kier alpha value is -3.50. The summed E-state index contributed by atoms with van der Waals surface area (Å²) in [6.07, 6.45) is 1.05. The first-order valence-electron chi connectivity index (χ1n) is 14.6. The standard InChI is InChI=1S/C21H23N7O2S/c1-13-5-6-15(11-19(13)31(22,29)30)24-21-23-10-9-20(25-21)27(3)16-7-8-17-14(2)28(4)26-18(17)12-16/h5-12H,1-4H3,(H2,22,29,30)(H,23,24,25)/i1D3,3D3,5D,6D,7D,8D,11D,12D. The van der Waals surface area contributed by atoms with Crippen LogP contribution >= 0.6 is 0 Å². The number of hydrogen-bond donors (Lipinski definition) is 2. The summed E-state index contributed by atoms with van der Waals surface area (Å²) in [6.45, 7) is -4.67. The first-order valence-corrected chi connectivity index (χ1v) is 10.1. The van der Waals surface area contributed by atoms with E-state index >= 15 is 0 Å². The number of benzene rings is 2. The van der Waals surface area contributed by atoms with E-state index in [4.69, 9.17) is 21.6 Å². The van der Waals surface area contributed by atoms with E-state index in [9.17, 15) is 8.42 Å². The predicted octanol–water partition coefficient (Wildman–Crippen LogP) is 3.14. The van der Waals surface area contributed by atoms with E-state index < -0.39 is 87.7 Å². The normalized spacial score (nSPS) is 18.0. The number of primary sulfonamides is 1. The van der Waals surface area contributed by atoms with Crippen LogP contribution in [-0.4, -0.2) is 35.1 Å². The van der Waals surface area contributed by atoms with Crippen LogP contribution in [0, 0.1) is 13.8 Å². The van der Waals surface area contributed by atoms with Gasteiger partial charge in [0.15, 0.2) is 0 Å². The van der Waals surface area contributed by atoms with Crippen molar-refractivity contribution in [2.24, 2.45) is 12.2 Å². The lowest BCUT2D eigenvalue weighted by atomic mass is 10.2. The average molecular weight is 450 g/mol. The summed E-state index contributed by atoms with van der Waals surface area (Å²) in [5.41, 5.74) is -1.88. The molecule has 31 heavy (non-hydrogen) atoms. The van der Waals surface area contributed by atoms with Gasteiger partial charge < -0.3 is 10.2 Å². The Kier molecular flexibility index (Phi) is 2.63. The van der Waals surface area contributed by atoms with E-state index in [1.54, 1.807) is 14.0 Å². The molecule has 0 spiro atoms. The van der Waals surface area contributed by atoms with E-state index in [-0.39, 0.29) is 16.9 Å². The van der Waals surface area contributed by atoms with Crippen LogP contribution in [0.4, 0.5) is 23.1 Å². The zero-order valence-corrected chi connectivity index (χ0v) is 17.0. The Morgan fingerprint density at radius 1 is 1.26 bits per heavy atom. The first-order chi connectivity index (χ1) is 19.6. The highest BCUT2D eigenvalue weighted by Gasteiger charge is 2.14. The molecule has 160 valence electrons. The molecule has 9 nitrogen and oxygen atoms in total. The van der Waals surface area contributed by atoms with Crippen LogP contribution in [0.15, 0.2) is 53.4 Å². The van der Waals surface area contributed by atoms with Crippen LogP contribution < -0.4 is 15.4 Å². The SMILES string of the molecule is [2H]c1c([2H])c(C([2H])([2H])[2H])c(S(N)(=O)=O)c([2H])c1Nc1nccc(N(c2c([2H])c([2H])c3c(C)n(C)nc3c2[2H])C([2H])([2H])[2H])n1. The maximum absolute atomic E-state index is 12.3. The highest BCUT2D eigenvalue weighted by atomic mass is 32.2. The first kappa shape index (κ1) is 10.7. The van der Waals surface area contributed by atoms with Crippen molar-refractivity contribution in [2.45, 2.75) is 18.7 Å². The van der Waals surface area contributed by atoms with Crippen molar-refractivity contribution < 1.29 is 24.9 Å². The second kappa shape index (κ2) is 7.64. The molecular formula is C21H23N7O2S. The monoisotopic (exact) mass is 449 g/mol. The van der Waals surface area contributed by atoms with Crippen molar-refractivity contribution >= 4 is 44.1 Å². The third-order valence-corrected chi connectivity index (χ3v) is 5.14. The lowest BCUT2D eigenvalue weighted by Gasteiger charge is -2.19. The second-order valence-corrected chi connectivity index (χ2v) is 7.85. The van der Waals surface area contributed by atoms with Crippen LogP contribution in [0.2, 0.25) is 0 Å². The van der Waals surface area contributed by atoms with Gasteiger partial charge in [-0.15, -0.1) is 0 Å². The van der Waals surface area contributed by atoms with Crippen LogP contribution in [-0.2, 0) is 17.1 Å². The summed E-state index contributed by atoms with van der Waals surface area (Å²) in [4.78, 5) is 7.30. The van der Waals surface area contributed by atoms with Crippen molar-refractivity contribution in [3.05, 3.63) is 59.8 Å². The molecule has 3 N–H and O–H groups in total. The van der Waals surface area contributed by atoms with E-state index in [0.717, 1.165) is 12.3 Å². The molecular weight excluding hydrogens is 414 g/mol. The third kappa shape index (κ3) is 4.07. The second-order valence-electron chi connectivity index (χ2n) is 6.35. The van der Waals surface area contributed by atoms with E-state index in [2.05, 4.69) is 20.4 Å². The molecule has 2 aromatic heterocycles. The fraction of sp³-hybridized carbons (Fsp3) is 0.190. The maximum atomic E-state index is 12.3. The van der Waals surface area contributed by atoms with Crippen molar-refractivity contribution in [3.8, 4) is 0 Å². The Bertz CT molecular complexity index is 1910. The molecule has 10 heteroatoms. The number of anilines is 4. The highest BCUT2D eigenvalue weighted by Crippen LogP contribution is 2.28. The number of sulfonamides is 1. The number of nitrogens with two attached hydrogens (primary N) is 1. The Balaban J connectivity index is 1.94. The summed E-state index contributed by atoms with van der Waals surface area (Å²) in [5.74, 6) is -0.949. The van der Waals surface area contributed by atoms with Crippen LogP contribution in [0.5, 0.6) is 0 Å². The number of rotatable bonds is 5. The number of aromatic nitrogens is 4. The fourth-order valence-corrected chi connectivity index (χ4v) is 3.23. The summed E-state index contributed by atoms with van der Waals surface area (Å²) in [7, 11) is -3.33. The number of aryl methyl sites for hydroxylation is 2. The van der Waals surface area contributed by atoms with Crippen LogP contribution in [0.1, 0.15) is 27.7 Å². The number of hydrogen-bond acceptors (Lipinski definition) is 7. The molecule has 0 aliphatic rings. The van der Waals surface area contributed by atoms with Gasteiger partial charge in [0.05, 0.1) is 18.6 Å². The number of nitrogens with one attached hydrogen (secondary N) is 1. The molecule has 0 bridgehead atoms. The minimum absolute atomic E-state index is 0.0248. The van der Waals surface area contributed by atoms with E-state index in [1.807, 2.05) is 0 Å². The largest absolute Gasteiger partial charge is 0.329 e. The van der Waals surface area contributed by atoms with Crippen molar-refractivity contribution in [1.82, 2.24) is 19.7 Å². The zero-order valence-electron chi connectivity index (χ0n) is 28.2. The lowest BCUT2D eigenvalue weighted by molar-refractivity contribution is 0.597. The molecule has 0 fully saturated rings. The van der Waals surface area contributed by atoms with Crippen molar-refractivity contribution in [1.29, 1.82) is 0 Å². The molecule has 4 aromatic rings. The predicted molar refractivity (Wildman–Crippen MR) is 121 cm³/mol. The quantitative estimate of drug-likeness (QED) is 0.480. The Morgan fingerprint density at radius 2 is 2.10 bits per heavy atom. The van der Waals surface area contributed by atoms with Gasteiger partial charge in [-0.2, -0.15) is 10.1 Å². The zero-order chi connectivity index (χ0) is 32.6. The minimum atomic E-state index is -4.89. The Labute approximate surface area is 197 Å². The van der Waals surface area contributed by atoms with Crippen LogP contribution in [0.25, 0.3) is 10.9 Å².